The van der Waals surface area contributed by atoms with E-state index in [1.807, 2.05) is 31.2 Å². The quantitative estimate of drug-likeness (QED) is 0.390. The summed E-state index contributed by atoms with van der Waals surface area (Å²) < 4.78 is 6.80. The molecule has 5 rings (SSSR count). The topological polar surface area (TPSA) is 127 Å². The number of hydrogen-bond acceptors (Lipinski definition) is 7. The van der Waals surface area contributed by atoms with E-state index in [2.05, 4.69) is 30.5 Å². The Balaban J connectivity index is 1.57. The molecule has 0 unspecified atom stereocenters. The number of ether oxygens (including phenoxy) is 1. The molecule has 0 saturated heterocycles. The van der Waals surface area contributed by atoms with Crippen molar-refractivity contribution in [3.05, 3.63) is 89.8 Å². The summed E-state index contributed by atoms with van der Waals surface area (Å²) >= 11 is 0. The zero-order chi connectivity index (χ0) is 25.1. The van der Waals surface area contributed by atoms with Crippen LogP contribution in [-0.4, -0.2) is 49.1 Å². The molecule has 10 heteroatoms. The lowest BCUT2D eigenvalue weighted by Gasteiger charge is -2.09. The van der Waals surface area contributed by atoms with E-state index in [9.17, 15) is 9.59 Å². The number of carbonyl (C=O) groups is 2. The average molecular weight is 482 g/mol. The molecule has 1 aliphatic heterocycles. The predicted octanol–water partition coefficient (Wildman–Crippen LogP) is 3.18. The van der Waals surface area contributed by atoms with Gasteiger partial charge in [-0.05, 0) is 42.7 Å². The van der Waals surface area contributed by atoms with Gasteiger partial charge in [-0.15, -0.1) is 0 Å². The number of aromatic nitrogens is 5. The van der Waals surface area contributed by atoms with Crippen LogP contribution in [0.3, 0.4) is 0 Å². The Bertz CT molecular complexity index is 1470. The van der Waals surface area contributed by atoms with Crippen LogP contribution in [0.4, 0.5) is 0 Å². The van der Waals surface area contributed by atoms with Crippen LogP contribution in [0.5, 0.6) is 5.75 Å². The Kier molecular flexibility index (Phi) is 6.23. The van der Waals surface area contributed by atoms with Crippen molar-refractivity contribution >= 4 is 23.6 Å². The van der Waals surface area contributed by atoms with Gasteiger partial charge in [-0.3, -0.25) is 24.1 Å². The van der Waals surface area contributed by atoms with Gasteiger partial charge in [-0.25, -0.2) is 10.4 Å². The summed E-state index contributed by atoms with van der Waals surface area (Å²) in [6, 6.07) is 7.67. The first-order valence-electron chi connectivity index (χ1n) is 11.3. The summed E-state index contributed by atoms with van der Waals surface area (Å²) in [6.07, 6.45) is 11.9. The number of amides is 1. The molecule has 0 bridgehead atoms. The second kappa shape index (κ2) is 9.79. The Morgan fingerprint density at radius 2 is 1.97 bits per heavy atom. The number of aromatic amines is 1. The van der Waals surface area contributed by atoms with Gasteiger partial charge in [0.2, 0.25) is 5.91 Å². The first-order chi connectivity index (χ1) is 17.5. The van der Waals surface area contributed by atoms with Crippen molar-refractivity contribution < 1.29 is 14.3 Å². The van der Waals surface area contributed by atoms with Crippen LogP contribution in [0.15, 0.2) is 72.3 Å². The maximum atomic E-state index is 12.7. The summed E-state index contributed by atoms with van der Waals surface area (Å²) in [5, 5.41) is 4.17. The third-order valence-corrected chi connectivity index (χ3v) is 5.97. The molecule has 36 heavy (non-hydrogen) atoms. The number of hydrogen-bond donors (Lipinski definition) is 2. The van der Waals surface area contributed by atoms with Crippen LogP contribution in [0, 0.1) is 6.92 Å². The SMILES string of the molecule is COc1ccc(-c2c(C=C3C(=O)NN=C3c3cnccn3)[nH]c(C)c2CCC(=O)n2ccnc2)cc1. The second-order valence-corrected chi connectivity index (χ2v) is 8.16. The van der Waals surface area contributed by atoms with E-state index in [-0.39, 0.29) is 11.8 Å². The maximum Gasteiger partial charge on any atom is 0.273 e. The maximum absolute atomic E-state index is 12.7. The van der Waals surface area contributed by atoms with E-state index in [0.29, 0.717) is 29.8 Å². The molecule has 0 fully saturated rings. The number of carbonyl (C=O) groups excluding carboxylic acids is 2. The first kappa shape index (κ1) is 22.9. The van der Waals surface area contributed by atoms with Crippen LogP contribution in [-0.2, 0) is 11.2 Å². The number of H-pyrrole nitrogens is 1. The fraction of sp³-hybridized carbons (Fsp3) is 0.154. The van der Waals surface area contributed by atoms with E-state index >= 15 is 0 Å². The molecular formula is C26H23N7O3. The van der Waals surface area contributed by atoms with E-state index in [1.165, 1.54) is 10.9 Å². The molecule has 0 radical (unpaired) electrons. The van der Waals surface area contributed by atoms with Crippen LogP contribution in [0.2, 0.25) is 0 Å². The average Bonchev–Trinajstić information content (AvgIpc) is 3.64. The number of aryl methyl sites for hydroxylation is 1. The van der Waals surface area contributed by atoms with Gasteiger partial charge in [0.05, 0.1) is 18.9 Å². The zero-order valence-electron chi connectivity index (χ0n) is 19.7. The highest BCUT2D eigenvalue weighted by Crippen LogP contribution is 2.34. The predicted molar refractivity (Wildman–Crippen MR) is 133 cm³/mol. The van der Waals surface area contributed by atoms with Gasteiger partial charge in [0.25, 0.3) is 5.91 Å². The van der Waals surface area contributed by atoms with Crippen LogP contribution >= 0.6 is 0 Å². The van der Waals surface area contributed by atoms with Gasteiger partial charge < -0.3 is 9.72 Å². The summed E-state index contributed by atoms with van der Waals surface area (Å²) in [5.74, 6) is 0.344. The van der Waals surface area contributed by atoms with Gasteiger partial charge in [0.1, 0.15) is 23.5 Å². The molecule has 0 aliphatic carbocycles. The van der Waals surface area contributed by atoms with Crippen molar-refractivity contribution in [3.8, 4) is 16.9 Å². The molecule has 1 amide bonds. The Morgan fingerprint density at radius 3 is 2.67 bits per heavy atom. The highest BCUT2D eigenvalue weighted by molar-refractivity contribution is 6.32. The van der Waals surface area contributed by atoms with Crippen LogP contribution in [0.1, 0.15) is 33.9 Å². The number of hydrazone groups is 1. The van der Waals surface area contributed by atoms with Crippen molar-refractivity contribution in [2.24, 2.45) is 5.10 Å². The third kappa shape index (κ3) is 4.43. The number of nitrogens with one attached hydrogen (secondary N) is 2. The number of imidazole rings is 1. The van der Waals surface area contributed by atoms with E-state index in [1.54, 1.807) is 44.2 Å². The van der Waals surface area contributed by atoms with Crippen molar-refractivity contribution in [2.45, 2.75) is 19.8 Å². The normalized spacial score (nSPS) is 14.1. The number of benzene rings is 1. The largest absolute Gasteiger partial charge is 0.497 e. The van der Waals surface area contributed by atoms with Gasteiger partial charge in [-0.2, -0.15) is 5.10 Å². The second-order valence-electron chi connectivity index (χ2n) is 8.16. The summed E-state index contributed by atoms with van der Waals surface area (Å²) in [6.45, 7) is 1.96. The van der Waals surface area contributed by atoms with E-state index in [0.717, 1.165) is 33.8 Å². The zero-order valence-corrected chi connectivity index (χ0v) is 19.7. The molecule has 2 N–H and O–H groups in total. The standard InChI is InChI=1S/C26H23N7O3/c1-16-19(7-8-23(34)33-12-11-28-15-33)24(17-3-5-18(36-2)6-4-17)21(30-16)13-20-25(31-32-26(20)35)22-14-27-9-10-29-22/h3-6,9-15,30H,7-8H2,1-2H3,(H,32,35). The first-order valence-corrected chi connectivity index (χ1v) is 11.3. The highest BCUT2D eigenvalue weighted by Gasteiger charge is 2.27. The molecule has 4 heterocycles. The lowest BCUT2D eigenvalue weighted by Crippen LogP contribution is -2.14. The molecule has 1 aliphatic rings. The molecule has 3 aromatic heterocycles. The monoisotopic (exact) mass is 481 g/mol. The molecule has 0 atom stereocenters. The third-order valence-electron chi connectivity index (χ3n) is 5.97. The molecular weight excluding hydrogens is 458 g/mol. The van der Waals surface area contributed by atoms with Gasteiger partial charge >= 0.3 is 0 Å². The minimum absolute atomic E-state index is 0.0547. The Morgan fingerprint density at radius 1 is 1.14 bits per heavy atom. The fourth-order valence-electron chi connectivity index (χ4n) is 4.20. The van der Waals surface area contributed by atoms with Gasteiger partial charge in [-0.1, -0.05) is 12.1 Å². The molecule has 0 saturated carbocycles. The van der Waals surface area contributed by atoms with Crippen molar-refractivity contribution in [3.63, 3.8) is 0 Å². The van der Waals surface area contributed by atoms with E-state index in [4.69, 9.17) is 4.74 Å². The summed E-state index contributed by atoms with van der Waals surface area (Å²) in [4.78, 5) is 41.1. The van der Waals surface area contributed by atoms with Crippen LogP contribution < -0.4 is 10.2 Å². The van der Waals surface area contributed by atoms with Crippen molar-refractivity contribution in [2.75, 3.05) is 7.11 Å². The van der Waals surface area contributed by atoms with Gasteiger partial charge in [0.15, 0.2) is 0 Å². The minimum atomic E-state index is -0.333. The lowest BCUT2D eigenvalue weighted by molar-refractivity contribution is -0.116. The Labute approximate surface area is 206 Å². The fourth-order valence-corrected chi connectivity index (χ4v) is 4.20. The lowest BCUT2D eigenvalue weighted by atomic mass is 9.95. The molecule has 180 valence electrons. The molecule has 1 aromatic carbocycles. The van der Waals surface area contributed by atoms with Crippen molar-refractivity contribution in [1.82, 2.24) is 29.9 Å². The van der Waals surface area contributed by atoms with Crippen molar-refractivity contribution in [1.29, 1.82) is 0 Å². The minimum Gasteiger partial charge on any atom is -0.497 e. The molecule has 10 nitrogen and oxygen atoms in total. The van der Waals surface area contributed by atoms with Crippen LogP contribution in [0.25, 0.3) is 17.2 Å². The molecule has 0 spiro atoms. The summed E-state index contributed by atoms with van der Waals surface area (Å²) in [7, 11) is 1.62. The number of nitrogens with zero attached hydrogens (tertiary/aromatic N) is 5. The summed E-state index contributed by atoms with van der Waals surface area (Å²) in [5.41, 5.74) is 8.23. The van der Waals surface area contributed by atoms with E-state index < -0.39 is 0 Å². The smallest absolute Gasteiger partial charge is 0.273 e. The number of rotatable bonds is 7. The highest BCUT2D eigenvalue weighted by atomic mass is 16.5. The number of methoxy groups -OCH3 is 1. The molecule has 4 aromatic rings. The Hall–Kier alpha value is -4.86. The van der Waals surface area contributed by atoms with Gasteiger partial charge in [0, 0.05) is 48.2 Å².